The summed E-state index contributed by atoms with van der Waals surface area (Å²) < 4.78 is 58.9. The van der Waals surface area contributed by atoms with Gasteiger partial charge < -0.3 is 0 Å². The normalized spacial score (nSPS) is 13.2. The fraction of sp³-hybridized carbons (Fsp3) is 0.200. The number of benzene rings is 1. The van der Waals surface area contributed by atoms with Crippen LogP contribution in [0.3, 0.4) is 0 Å². The minimum atomic E-state index is -4.47. The molecule has 0 aliphatic rings. The third-order valence-corrected chi connectivity index (χ3v) is 3.56. The highest BCUT2D eigenvalue weighted by molar-refractivity contribution is 9.10. The molecule has 0 saturated heterocycles. The quantitative estimate of drug-likeness (QED) is 0.759. The van der Waals surface area contributed by atoms with Crippen LogP contribution in [-0.2, 0) is 15.2 Å². The van der Waals surface area contributed by atoms with Crippen LogP contribution in [-0.4, -0.2) is 14.2 Å². The average Bonchev–Trinajstić information content (AvgIpc) is 2.17. The molecule has 1 rings (SSSR count). The first-order valence-corrected chi connectivity index (χ1v) is 7.82. The van der Waals surface area contributed by atoms with E-state index in [0.717, 1.165) is 6.07 Å². The molecule has 8 heteroatoms. The van der Waals surface area contributed by atoms with Crippen LogP contribution in [0, 0.1) is 0 Å². The third-order valence-electron chi connectivity index (χ3n) is 1.90. The summed E-state index contributed by atoms with van der Waals surface area (Å²) in [5.41, 5.74) is -0.579. The molecule has 0 radical (unpaired) electrons. The molecule has 0 spiro atoms. The van der Waals surface area contributed by atoms with Crippen LogP contribution in [0.25, 0.3) is 6.08 Å². The Balaban J connectivity index is 3.00. The number of hydrogen-bond acceptors (Lipinski definition) is 2. The van der Waals surface area contributed by atoms with Crippen molar-refractivity contribution < 1.29 is 21.6 Å². The molecule has 0 heterocycles. The van der Waals surface area contributed by atoms with E-state index in [1.54, 1.807) is 0 Å². The second kappa shape index (κ2) is 5.63. The summed E-state index contributed by atoms with van der Waals surface area (Å²) in [7, 11) is 1.27. The summed E-state index contributed by atoms with van der Waals surface area (Å²) in [6.45, 7) is 0. The van der Waals surface area contributed by atoms with Crippen molar-refractivity contribution in [2.75, 3.05) is 5.75 Å². The highest BCUT2D eigenvalue weighted by Gasteiger charge is 2.32. The van der Waals surface area contributed by atoms with Crippen LogP contribution in [0.15, 0.2) is 28.7 Å². The molecule has 0 saturated carbocycles. The van der Waals surface area contributed by atoms with Crippen LogP contribution in [0.5, 0.6) is 0 Å². The molecule has 2 nitrogen and oxygen atoms in total. The Kier molecular flexibility index (Phi) is 4.85. The van der Waals surface area contributed by atoms with Crippen LogP contribution >= 0.6 is 26.6 Å². The van der Waals surface area contributed by atoms with E-state index in [2.05, 4.69) is 15.9 Å². The van der Waals surface area contributed by atoms with Gasteiger partial charge in [-0.3, -0.25) is 0 Å². The zero-order valence-electron chi connectivity index (χ0n) is 8.71. The molecule has 100 valence electrons. The first-order chi connectivity index (χ1) is 8.09. The van der Waals surface area contributed by atoms with Gasteiger partial charge in [-0.15, -0.1) is 0 Å². The maximum absolute atomic E-state index is 12.6. The second-order valence-electron chi connectivity index (χ2n) is 3.34. The summed E-state index contributed by atoms with van der Waals surface area (Å²) in [6.07, 6.45) is -2.02. The van der Waals surface area contributed by atoms with E-state index in [9.17, 15) is 21.6 Å². The molecule has 1 aromatic carbocycles. The third kappa shape index (κ3) is 4.99. The SMILES string of the molecule is O=S(=O)(Cl)CC=Cc1ccc(Br)c(C(F)(F)F)c1. The van der Waals surface area contributed by atoms with Crippen LogP contribution < -0.4 is 0 Å². The van der Waals surface area contributed by atoms with Gasteiger partial charge in [-0.25, -0.2) is 8.42 Å². The van der Waals surface area contributed by atoms with Crippen molar-refractivity contribution in [2.45, 2.75) is 6.18 Å². The predicted octanol–water partition coefficient (Wildman–Crippen LogP) is 4.05. The Morgan fingerprint density at radius 3 is 2.44 bits per heavy atom. The van der Waals surface area contributed by atoms with Crippen molar-refractivity contribution >= 4 is 41.7 Å². The second-order valence-corrected chi connectivity index (χ2v) is 7.02. The lowest BCUT2D eigenvalue weighted by atomic mass is 10.1. The summed E-state index contributed by atoms with van der Waals surface area (Å²) in [5, 5.41) is 0. The first-order valence-electron chi connectivity index (χ1n) is 4.55. The van der Waals surface area contributed by atoms with E-state index in [4.69, 9.17) is 10.7 Å². The molecule has 1 aromatic rings. The van der Waals surface area contributed by atoms with E-state index < -0.39 is 26.5 Å². The maximum atomic E-state index is 12.6. The lowest BCUT2D eigenvalue weighted by molar-refractivity contribution is -0.138. The Hall–Kier alpha value is -0.530. The first kappa shape index (κ1) is 15.5. The molecule has 0 amide bonds. The fourth-order valence-electron chi connectivity index (χ4n) is 1.16. The van der Waals surface area contributed by atoms with Gasteiger partial charge in [-0.05, 0) is 17.7 Å². The van der Waals surface area contributed by atoms with Gasteiger partial charge in [0, 0.05) is 15.2 Å². The van der Waals surface area contributed by atoms with E-state index in [1.165, 1.54) is 24.3 Å². The van der Waals surface area contributed by atoms with E-state index in [-0.39, 0.29) is 10.0 Å². The van der Waals surface area contributed by atoms with Crippen molar-refractivity contribution in [2.24, 2.45) is 0 Å². The lowest BCUT2D eigenvalue weighted by Crippen LogP contribution is -2.06. The summed E-state index contributed by atoms with van der Waals surface area (Å²) in [4.78, 5) is 0. The molecular formula is C10H7BrClF3O2S. The molecule has 0 bridgehead atoms. The monoisotopic (exact) mass is 362 g/mol. The Morgan fingerprint density at radius 2 is 1.94 bits per heavy atom. The summed E-state index contributed by atoms with van der Waals surface area (Å²) in [6, 6.07) is 3.59. The minimum Gasteiger partial charge on any atom is -0.212 e. The highest BCUT2D eigenvalue weighted by Crippen LogP contribution is 2.35. The topological polar surface area (TPSA) is 34.1 Å². The molecule has 0 fully saturated rings. The average molecular weight is 364 g/mol. The lowest BCUT2D eigenvalue weighted by Gasteiger charge is -2.09. The van der Waals surface area contributed by atoms with Gasteiger partial charge in [0.05, 0.1) is 11.3 Å². The molecule has 18 heavy (non-hydrogen) atoms. The van der Waals surface area contributed by atoms with Gasteiger partial charge in [0.15, 0.2) is 0 Å². The fourth-order valence-corrected chi connectivity index (χ4v) is 2.18. The zero-order chi connectivity index (χ0) is 14.0. The van der Waals surface area contributed by atoms with E-state index >= 15 is 0 Å². The highest BCUT2D eigenvalue weighted by atomic mass is 79.9. The number of alkyl halides is 3. The Morgan fingerprint density at radius 1 is 1.33 bits per heavy atom. The van der Waals surface area contributed by atoms with Gasteiger partial charge in [-0.1, -0.05) is 34.1 Å². The molecule has 0 aromatic heterocycles. The summed E-state index contributed by atoms with van der Waals surface area (Å²) in [5.74, 6) is -0.439. The van der Waals surface area contributed by atoms with E-state index in [0.29, 0.717) is 0 Å². The van der Waals surface area contributed by atoms with Gasteiger partial charge in [0.2, 0.25) is 9.05 Å². The standard InChI is InChI=1S/C10H7BrClF3O2S/c11-9-4-3-7(2-1-5-18(12,16)17)6-8(9)10(13,14)15/h1-4,6H,5H2. The predicted molar refractivity (Wildman–Crippen MR) is 67.8 cm³/mol. The van der Waals surface area contributed by atoms with Crippen molar-refractivity contribution in [3.05, 3.63) is 39.9 Å². The van der Waals surface area contributed by atoms with Crippen molar-refractivity contribution in [3.8, 4) is 0 Å². The number of halogens is 5. The molecular weight excluding hydrogens is 357 g/mol. The molecule has 0 aliphatic heterocycles. The Bertz CT molecular complexity index is 567. The van der Waals surface area contributed by atoms with Crippen LogP contribution in [0.4, 0.5) is 13.2 Å². The van der Waals surface area contributed by atoms with Gasteiger partial charge in [0.25, 0.3) is 0 Å². The molecule has 0 atom stereocenters. The maximum Gasteiger partial charge on any atom is 0.417 e. The van der Waals surface area contributed by atoms with Crippen molar-refractivity contribution in [1.29, 1.82) is 0 Å². The molecule has 0 aliphatic carbocycles. The van der Waals surface area contributed by atoms with E-state index in [1.807, 2.05) is 0 Å². The molecule has 0 N–H and O–H groups in total. The van der Waals surface area contributed by atoms with Gasteiger partial charge in [-0.2, -0.15) is 13.2 Å². The number of hydrogen-bond donors (Lipinski definition) is 0. The largest absolute Gasteiger partial charge is 0.417 e. The van der Waals surface area contributed by atoms with Gasteiger partial charge in [0.1, 0.15) is 0 Å². The Labute approximate surface area is 115 Å². The molecule has 0 unspecified atom stereocenters. The smallest absolute Gasteiger partial charge is 0.212 e. The van der Waals surface area contributed by atoms with Gasteiger partial charge >= 0.3 is 6.18 Å². The summed E-state index contributed by atoms with van der Waals surface area (Å²) >= 11 is 2.81. The van der Waals surface area contributed by atoms with Crippen LogP contribution in [0.2, 0.25) is 0 Å². The van der Waals surface area contributed by atoms with Crippen LogP contribution in [0.1, 0.15) is 11.1 Å². The minimum absolute atomic E-state index is 0.0721. The van der Waals surface area contributed by atoms with Crippen molar-refractivity contribution in [1.82, 2.24) is 0 Å². The zero-order valence-corrected chi connectivity index (χ0v) is 11.9. The van der Waals surface area contributed by atoms with Crippen molar-refractivity contribution in [3.63, 3.8) is 0 Å². The number of rotatable bonds is 3.